The average molecular weight is 528 g/mol. The normalized spacial score (nSPS) is 16.3. The number of aromatic nitrogens is 5. The van der Waals surface area contributed by atoms with E-state index in [4.69, 9.17) is 9.72 Å². The quantitative estimate of drug-likeness (QED) is 0.291. The van der Waals surface area contributed by atoms with Gasteiger partial charge in [-0.05, 0) is 56.3 Å². The Hall–Kier alpha value is -4.36. The van der Waals surface area contributed by atoms with E-state index < -0.39 is 6.43 Å². The molecule has 1 unspecified atom stereocenters. The summed E-state index contributed by atoms with van der Waals surface area (Å²) in [6, 6.07) is 15.2. The van der Waals surface area contributed by atoms with E-state index in [1.54, 1.807) is 37.5 Å². The van der Waals surface area contributed by atoms with Gasteiger partial charge in [0.15, 0.2) is 11.5 Å². The first-order chi connectivity index (χ1) is 18.9. The van der Waals surface area contributed by atoms with Crippen LogP contribution in [0.2, 0.25) is 0 Å². The predicted octanol–water partition coefficient (Wildman–Crippen LogP) is 5.48. The summed E-state index contributed by atoms with van der Waals surface area (Å²) in [6.45, 7) is 2.60. The topological polar surface area (TPSA) is 84.3 Å². The minimum absolute atomic E-state index is 0.282. The van der Waals surface area contributed by atoms with Crippen LogP contribution >= 0.6 is 0 Å². The lowest BCUT2D eigenvalue weighted by Gasteiger charge is -2.29. The molecule has 39 heavy (non-hydrogen) atoms. The van der Waals surface area contributed by atoms with Gasteiger partial charge in [0.1, 0.15) is 0 Å². The number of hydrogen-bond acceptors (Lipinski definition) is 6. The molecule has 6 rings (SSSR count). The Kier molecular flexibility index (Phi) is 6.45. The summed E-state index contributed by atoms with van der Waals surface area (Å²) < 4.78 is 36.6. The van der Waals surface area contributed by atoms with E-state index in [2.05, 4.69) is 28.0 Å². The fraction of sp³-hybridized carbons (Fsp3) is 0.310. The first-order valence-electron chi connectivity index (χ1n) is 12.9. The highest BCUT2D eigenvalue weighted by Gasteiger charge is 2.23. The van der Waals surface area contributed by atoms with Crippen molar-refractivity contribution in [2.75, 3.05) is 26.7 Å². The Morgan fingerprint density at radius 1 is 1.10 bits per heavy atom. The third-order valence-corrected chi connectivity index (χ3v) is 7.37. The molecular weight excluding hydrogens is 500 g/mol. The van der Waals surface area contributed by atoms with Gasteiger partial charge in [0, 0.05) is 37.5 Å². The summed E-state index contributed by atoms with van der Waals surface area (Å²) >= 11 is 0. The summed E-state index contributed by atoms with van der Waals surface area (Å²) in [4.78, 5) is 16.1. The molecule has 4 heterocycles. The fourth-order valence-corrected chi connectivity index (χ4v) is 5.40. The van der Waals surface area contributed by atoms with Crippen molar-refractivity contribution in [2.45, 2.75) is 19.3 Å². The van der Waals surface area contributed by atoms with E-state index in [-0.39, 0.29) is 5.82 Å². The molecule has 1 aliphatic rings. The second-order valence-electron chi connectivity index (χ2n) is 10.0. The van der Waals surface area contributed by atoms with Crippen LogP contribution in [0.5, 0.6) is 6.01 Å². The van der Waals surface area contributed by atoms with Gasteiger partial charge in [-0.25, -0.2) is 18.7 Å². The number of benzene rings is 2. The Bertz CT molecular complexity index is 1700. The Morgan fingerprint density at radius 2 is 1.90 bits per heavy atom. The van der Waals surface area contributed by atoms with Crippen molar-refractivity contribution in [3.05, 3.63) is 66.2 Å². The zero-order chi connectivity index (χ0) is 27.1. The second-order valence-corrected chi connectivity index (χ2v) is 10.0. The number of fused-ring (bicyclic) bond motifs is 2. The molecule has 10 heteroatoms. The Balaban J connectivity index is 1.50. The summed E-state index contributed by atoms with van der Waals surface area (Å²) in [5, 5.41) is 9.30. The number of imidazole rings is 2. The number of likely N-dealkylation sites (tertiary alicyclic amines) is 1. The number of nitriles is 1. The fourth-order valence-electron chi connectivity index (χ4n) is 5.40. The van der Waals surface area contributed by atoms with Crippen LogP contribution < -0.4 is 4.74 Å². The highest BCUT2D eigenvalue weighted by Crippen LogP contribution is 2.37. The molecule has 3 aromatic heterocycles. The molecule has 0 spiro atoms. The first kappa shape index (κ1) is 24.9. The SMILES string of the molecule is CN1CCCC(COc2nc(-c3ccc(C#N)cc3)c(-c3ccc4c(c3)nc(C(F)F)n4C)c3nccn23)C1. The summed E-state index contributed by atoms with van der Waals surface area (Å²) in [7, 11) is 3.71. The van der Waals surface area contributed by atoms with Crippen molar-refractivity contribution < 1.29 is 13.5 Å². The van der Waals surface area contributed by atoms with Crippen molar-refractivity contribution in [3.63, 3.8) is 0 Å². The summed E-state index contributed by atoms with van der Waals surface area (Å²) in [5.74, 6) is 0.119. The van der Waals surface area contributed by atoms with Crippen LogP contribution in [0.25, 0.3) is 39.1 Å². The van der Waals surface area contributed by atoms with Crippen molar-refractivity contribution in [3.8, 4) is 34.5 Å². The molecule has 198 valence electrons. The maximum atomic E-state index is 13.5. The zero-order valence-corrected chi connectivity index (χ0v) is 21.7. The number of halogens is 2. The molecule has 8 nitrogen and oxygen atoms in total. The van der Waals surface area contributed by atoms with Crippen molar-refractivity contribution in [1.29, 1.82) is 5.26 Å². The number of alkyl halides is 2. The average Bonchev–Trinajstić information content (AvgIpc) is 3.56. The van der Waals surface area contributed by atoms with Gasteiger partial charge in [0.2, 0.25) is 0 Å². The van der Waals surface area contributed by atoms with Crippen LogP contribution in [0.1, 0.15) is 30.7 Å². The minimum atomic E-state index is -2.68. The molecule has 2 aromatic carbocycles. The predicted molar refractivity (Wildman–Crippen MR) is 144 cm³/mol. The minimum Gasteiger partial charge on any atom is -0.464 e. The van der Waals surface area contributed by atoms with Gasteiger partial charge < -0.3 is 14.2 Å². The number of piperidine rings is 1. The highest BCUT2D eigenvalue weighted by atomic mass is 19.3. The van der Waals surface area contributed by atoms with Gasteiger partial charge in [-0.2, -0.15) is 10.2 Å². The van der Waals surface area contributed by atoms with Crippen molar-refractivity contribution in [1.82, 2.24) is 28.8 Å². The van der Waals surface area contributed by atoms with Crippen LogP contribution in [0.3, 0.4) is 0 Å². The van der Waals surface area contributed by atoms with Gasteiger partial charge in [-0.1, -0.05) is 18.2 Å². The third-order valence-electron chi connectivity index (χ3n) is 7.37. The molecule has 0 saturated carbocycles. The molecule has 0 amide bonds. The van der Waals surface area contributed by atoms with Crippen molar-refractivity contribution in [2.24, 2.45) is 13.0 Å². The van der Waals surface area contributed by atoms with Gasteiger partial charge in [0.25, 0.3) is 6.43 Å². The Morgan fingerprint density at radius 3 is 2.64 bits per heavy atom. The van der Waals surface area contributed by atoms with E-state index in [1.165, 1.54) is 4.57 Å². The van der Waals surface area contributed by atoms with Crippen LogP contribution in [0, 0.1) is 17.2 Å². The van der Waals surface area contributed by atoms with Gasteiger partial charge in [-0.15, -0.1) is 0 Å². The van der Waals surface area contributed by atoms with Crippen LogP contribution in [0.4, 0.5) is 8.78 Å². The number of rotatable bonds is 6. The second kappa shape index (κ2) is 10.1. The number of nitrogens with zero attached hydrogens (tertiary/aromatic N) is 7. The number of aryl methyl sites for hydroxylation is 1. The van der Waals surface area contributed by atoms with Gasteiger partial charge in [0.05, 0.1) is 40.5 Å². The van der Waals surface area contributed by atoms with E-state index in [0.717, 1.165) is 42.6 Å². The zero-order valence-electron chi connectivity index (χ0n) is 21.7. The molecule has 1 aliphatic heterocycles. The number of hydrogen-bond donors (Lipinski definition) is 0. The molecule has 1 atom stereocenters. The lowest BCUT2D eigenvalue weighted by Crippen LogP contribution is -2.35. The molecule has 5 aromatic rings. The molecular formula is C29H27F2N7O. The van der Waals surface area contributed by atoms with Gasteiger partial charge in [-0.3, -0.25) is 4.40 Å². The smallest absolute Gasteiger partial charge is 0.302 e. The van der Waals surface area contributed by atoms with E-state index in [1.807, 2.05) is 28.8 Å². The standard InChI is InChI=1S/C29H27F2N7O/c1-36-12-3-4-19(16-36)17-39-29-35-25(20-7-5-18(15-32)6-8-20)24(27-33-11-13-38(27)29)21-9-10-23-22(14-21)34-28(26(30)31)37(23)2/h5-11,13-14,19,26H,3-4,12,16-17H2,1-2H3. The highest BCUT2D eigenvalue weighted by molar-refractivity contribution is 5.94. The Labute approximate surface area is 224 Å². The van der Waals surface area contributed by atoms with Crippen molar-refractivity contribution >= 4 is 16.7 Å². The maximum absolute atomic E-state index is 13.5. The maximum Gasteiger partial charge on any atom is 0.302 e. The summed E-state index contributed by atoms with van der Waals surface area (Å²) in [5.41, 5.74) is 5.11. The van der Waals surface area contributed by atoms with Crippen LogP contribution in [-0.4, -0.2) is 55.6 Å². The number of ether oxygens (including phenoxy) is 1. The van der Waals surface area contributed by atoms with E-state index in [0.29, 0.717) is 46.5 Å². The molecule has 1 saturated heterocycles. The molecule has 0 aliphatic carbocycles. The molecule has 0 radical (unpaired) electrons. The third kappa shape index (κ3) is 4.59. The van der Waals surface area contributed by atoms with Crippen LogP contribution in [0.15, 0.2) is 54.9 Å². The lowest BCUT2D eigenvalue weighted by molar-refractivity contribution is 0.137. The lowest BCUT2D eigenvalue weighted by atomic mass is 9.99. The largest absolute Gasteiger partial charge is 0.464 e. The molecule has 0 N–H and O–H groups in total. The summed E-state index contributed by atoms with van der Waals surface area (Å²) in [6.07, 6.45) is 3.06. The molecule has 1 fully saturated rings. The van der Waals surface area contributed by atoms with E-state index >= 15 is 0 Å². The van der Waals surface area contributed by atoms with E-state index in [9.17, 15) is 14.0 Å². The van der Waals surface area contributed by atoms with Crippen LogP contribution in [-0.2, 0) is 7.05 Å². The first-order valence-corrected chi connectivity index (χ1v) is 12.9. The van der Waals surface area contributed by atoms with Gasteiger partial charge >= 0.3 is 6.01 Å². The monoisotopic (exact) mass is 527 g/mol. The molecule has 0 bridgehead atoms.